The van der Waals surface area contributed by atoms with Crippen molar-refractivity contribution < 1.29 is 9.90 Å². The summed E-state index contributed by atoms with van der Waals surface area (Å²) in [4.78, 5) is 21.1. The highest BCUT2D eigenvalue weighted by Gasteiger charge is 2.10. The van der Waals surface area contributed by atoms with E-state index in [1.807, 2.05) is 0 Å². The highest BCUT2D eigenvalue weighted by atomic mass is 16.4. The SMILES string of the molecule is N[C@H](Cn1ccc(=O)cc1)C(=O)O. The first-order valence-corrected chi connectivity index (χ1v) is 3.74. The maximum absolute atomic E-state index is 10.7. The Bertz CT molecular complexity index is 338. The van der Waals surface area contributed by atoms with Gasteiger partial charge in [0.05, 0.1) is 0 Å². The van der Waals surface area contributed by atoms with E-state index in [1.54, 1.807) is 4.57 Å². The molecule has 0 aliphatic carbocycles. The van der Waals surface area contributed by atoms with Gasteiger partial charge in [0.15, 0.2) is 5.43 Å². The molecule has 1 aromatic heterocycles. The van der Waals surface area contributed by atoms with Crippen molar-refractivity contribution in [2.75, 3.05) is 0 Å². The molecular weight excluding hydrogens is 172 g/mol. The molecule has 1 aromatic rings. The third kappa shape index (κ3) is 2.72. The maximum Gasteiger partial charge on any atom is 0.322 e. The van der Waals surface area contributed by atoms with E-state index >= 15 is 0 Å². The lowest BCUT2D eigenvalue weighted by atomic mass is 10.3. The highest BCUT2D eigenvalue weighted by molar-refractivity contribution is 5.72. The first-order chi connectivity index (χ1) is 6.09. The van der Waals surface area contributed by atoms with Crippen molar-refractivity contribution in [2.45, 2.75) is 12.6 Å². The van der Waals surface area contributed by atoms with Crippen LogP contribution in [0.3, 0.4) is 0 Å². The molecule has 70 valence electrons. The van der Waals surface area contributed by atoms with Gasteiger partial charge in [-0.1, -0.05) is 0 Å². The highest BCUT2D eigenvalue weighted by Crippen LogP contribution is 1.88. The fourth-order valence-electron chi connectivity index (χ4n) is 0.871. The first kappa shape index (κ1) is 9.47. The van der Waals surface area contributed by atoms with Crippen molar-refractivity contribution in [2.24, 2.45) is 5.73 Å². The van der Waals surface area contributed by atoms with E-state index in [1.165, 1.54) is 24.5 Å². The number of nitrogens with zero attached hydrogens (tertiary/aromatic N) is 1. The molecule has 0 saturated carbocycles. The van der Waals surface area contributed by atoms with Gasteiger partial charge in [0.25, 0.3) is 0 Å². The minimum atomic E-state index is -1.06. The van der Waals surface area contributed by atoms with Crippen LogP contribution in [-0.2, 0) is 11.3 Å². The van der Waals surface area contributed by atoms with Gasteiger partial charge in [0, 0.05) is 31.1 Å². The van der Waals surface area contributed by atoms with Gasteiger partial charge in [0.1, 0.15) is 6.04 Å². The van der Waals surface area contributed by atoms with Crippen molar-refractivity contribution in [1.29, 1.82) is 0 Å². The predicted molar refractivity (Wildman–Crippen MR) is 46.3 cm³/mol. The number of carboxylic acids is 1. The Morgan fingerprint density at radius 3 is 2.54 bits per heavy atom. The Balaban J connectivity index is 2.70. The van der Waals surface area contributed by atoms with E-state index < -0.39 is 12.0 Å². The molecule has 5 heteroatoms. The van der Waals surface area contributed by atoms with Crippen LogP contribution in [-0.4, -0.2) is 21.7 Å². The maximum atomic E-state index is 10.7. The van der Waals surface area contributed by atoms with Gasteiger partial charge in [-0.2, -0.15) is 0 Å². The number of carbonyl (C=O) groups is 1. The molecular formula is C8H10N2O3. The topological polar surface area (TPSA) is 85.3 Å². The van der Waals surface area contributed by atoms with Crippen LogP contribution in [0.15, 0.2) is 29.3 Å². The van der Waals surface area contributed by atoms with Crippen molar-refractivity contribution >= 4 is 5.97 Å². The van der Waals surface area contributed by atoms with Gasteiger partial charge in [-0.25, -0.2) is 0 Å². The van der Waals surface area contributed by atoms with E-state index in [0.29, 0.717) is 0 Å². The van der Waals surface area contributed by atoms with E-state index in [-0.39, 0.29) is 12.0 Å². The van der Waals surface area contributed by atoms with E-state index in [2.05, 4.69) is 0 Å². The molecule has 0 amide bonds. The third-order valence-electron chi connectivity index (χ3n) is 1.59. The Labute approximate surface area is 74.4 Å². The summed E-state index contributed by atoms with van der Waals surface area (Å²) in [6, 6.07) is 1.77. The predicted octanol–water partition coefficient (Wildman–Crippen LogP) is -0.740. The summed E-state index contributed by atoms with van der Waals surface area (Å²) in [6.07, 6.45) is 3.01. The quantitative estimate of drug-likeness (QED) is 0.644. The van der Waals surface area contributed by atoms with Crippen LogP contribution in [0.4, 0.5) is 0 Å². The number of rotatable bonds is 3. The molecule has 13 heavy (non-hydrogen) atoms. The third-order valence-corrected chi connectivity index (χ3v) is 1.59. The van der Waals surface area contributed by atoms with Crippen LogP contribution in [0.1, 0.15) is 0 Å². The zero-order valence-corrected chi connectivity index (χ0v) is 6.88. The van der Waals surface area contributed by atoms with Gasteiger partial charge in [0.2, 0.25) is 0 Å². The summed E-state index contributed by atoms with van der Waals surface area (Å²) in [6.45, 7) is 0.162. The average molecular weight is 182 g/mol. The second-order valence-electron chi connectivity index (χ2n) is 2.68. The smallest absolute Gasteiger partial charge is 0.322 e. The molecule has 0 aliphatic heterocycles. The summed E-state index contributed by atoms with van der Waals surface area (Å²) >= 11 is 0. The van der Waals surface area contributed by atoms with Gasteiger partial charge >= 0.3 is 5.97 Å². The van der Waals surface area contributed by atoms with E-state index in [9.17, 15) is 9.59 Å². The number of nitrogens with two attached hydrogens (primary N) is 1. The van der Waals surface area contributed by atoms with Crippen LogP contribution in [0.2, 0.25) is 0 Å². The lowest BCUT2D eigenvalue weighted by molar-refractivity contribution is -0.138. The van der Waals surface area contributed by atoms with Crippen LogP contribution in [0, 0.1) is 0 Å². The molecule has 0 unspecified atom stereocenters. The Morgan fingerprint density at radius 2 is 2.08 bits per heavy atom. The molecule has 1 rings (SSSR count). The molecule has 0 fully saturated rings. The van der Waals surface area contributed by atoms with Gasteiger partial charge in [-0.05, 0) is 0 Å². The van der Waals surface area contributed by atoms with Gasteiger partial charge in [-0.3, -0.25) is 9.59 Å². The number of aliphatic carboxylic acids is 1. The molecule has 1 heterocycles. The Hall–Kier alpha value is -1.62. The summed E-state index contributed by atoms with van der Waals surface area (Å²) in [5.74, 6) is -1.06. The molecule has 0 spiro atoms. The summed E-state index contributed by atoms with van der Waals surface area (Å²) in [5.41, 5.74) is 5.18. The fourth-order valence-corrected chi connectivity index (χ4v) is 0.871. The molecule has 1 atom stereocenters. The molecule has 0 radical (unpaired) electrons. The summed E-state index contributed by atoms with van der Waals surface area (Å²) in [5, 5.41) is 8.50. The number of carboxylic acid groups (broad SMARTS) is 1. The van der Waals surface area contributed by atoms with Crippen molar-refractivity contribution in [3.05, 3.63) is 34.7 Å². The van der Waals surface area contributed by atoms with Crippen LogP contribution in [0.25, 0.3) is 0 Å². The number of hydrogen-bond acceptors (Lipinski definition) is 3. The van der Waals surface area contributed by atoms with Gasteiger partial charge in [-0.15, -0.1) is 0 Å². The van der Waals surface area contributed by atoms with Crippen LogP contribution < -0.4 is 11.2 Å². The van der Waals surface area contributed by atoms with E-state index in [0.717, 1.165) is 0 Å². The standard InChI is InChI=1S/C8H10N2O3/c9-7(8(12)13)5-10-3-1-6(11)2-4-10/h1-4,7H,5,9H2,(H,12,13)/t7-/m1/s1. The molecule has 0 bridgehead atoms. The minimum Gasteiger partial charge on any atom is -0.480 e. The van der Waals surface area contributed by atoms with Crippen molar-refractivity contribution in [3.63, 3.8) is 0 Å². The van der Waals surface area contributed by atoms with Crippen molar-refractivity contribution in [1.82, 2.24) is 4.57 Å². The Morgan fingerprint density at radius 1 is 1.54 bits per heavy atom. The van der Waals surface area contributed by atoms with Crippen molar-refractivity contribution in [3.8, 4) is 0 Å². The molecule has 0 aliphatic rings. The molecule has 3 N–H and O–H groups in total. The fraction of sp³-hybridized carbons (Fsp3) is 0.250. The first-order valence-electron chi connectivity index (χ1n) is 3.74. The number of hydrogen-bond donors (Lipinski definition) is 2. The largest absolute Gasteiger partial charge is 0.480 e. The second kappa shape index (κ2) is 3.86. The monoisotopic (exact) mass is 182 g/mol. The number of pyridine rings is 1. The lowest BCUT2D eigenvalue weighted by Crippen LogP contribution is -2.34. The Kier molecular flexibility index (Phi) is 2.81. The van der Waals surface area contributed by atoms with Gasteiger partial charge < -0.3 is 15.4 Å². The zero-order chi connectivity index (χ0) is 9.84. The molecule has 0 saturated heterocycles. The zero-order valence-electron chi connectivity index (χ0n) is 6.88. The number of aromatic nitrogens is 1. The molecule has 0 aromatic carbocycles. The normalized spacial score (nSPS) is 12.4. The summed E-state index contributed by atoms with van der Waals surface area (Å²) in [7, 11) is 0. The van der Waals surface area contributed by atoms with Crippen LogP contribution in [0.5, 0.6) is 0 Å². The summed E-state index contributed by atoms with van der Waals surface area (Å²) < 4.78 is 1.56. The lowest BCUT2D eigenvalue weighted by Gasteiger charge is -2.08. The second-order valence-corrected chi connectivity index (χ2v) is 2.68. The van der Waals surface area contributed by atoms with Crippen LogP contribution >= 0.6 is 0 Å². The average Bonchev–Trinajstić information content (AvgIpc) is 2.08. The minimum absolute atomic E-state index is 0.111. The molecule has 5 nitrogen and oxygen atoms in total. The van der Waals surface area contributed by atoms with E-state index in [4.69, 9.17) is 10.8 Å².